The van der Waals surface area contributed by atoms with E-state index < -0.39 is 0 Å². The third-order valence-electron chi connectivity index (χ3n) is 3.45. The summed E-state index contributed by atoms with van der Waals surface area (Å²) >= 11 is 0. The highest BCUT2D eigenvalue weighted by atomic mass is 15.2. The molecule has 0 fully saturated rings. The van der Waals surface area contributed by atoms with Crippen molar-refractivity contribution in [1.29, 1.82) is 5.26 Å². The molecule has 1 N–H and O–H groups in total. The highest BCUT2D eigenvalue weighted by Gasteiger charge is 2.17. The van der Waals surface area contributed by atoms with Crippen molar-refractivity contribution in [1.82, 2.24) is 10.2 Å². The minimum atomic E-state index is 0.0631. The Kier molecular flexibility index (Phi) is 7.17. The maximum atomic E-state index is 8.82. The highest BCUT2D eigenvalue weighted by Crippen LogP contribution is 2.19. The molecule has 0 heterocycles. The molecule has 0 aliphatic rings. The molecule has 0 aliphatic carbocycles. The summed E-state index contributed by atoms with van der Waals surface area (Å²) in [6.07, 6.45) is 0. The van der Waals surface area contributed by atoms with Gasteiger partial charge >= 0.3 is 0 Å². The Hall–Kier alpha value is -1.37. The first-order valence-electron chi connectivity index (χ1n) is 7.12. The smallest absolute Gasteiger partial charge is 0.0666 e. The number of nitriles is 1. The van der Waals surface area contributed by atoms with E-state index in [0.29, 0.717) is 6.04 Å². The number of benzene rings is 1. The summed E-state index contributed by atoms with van der Waals surface area (Å²) in [7, 11) is 0. The van der Waals surface area contributed by atoms with Crippen molar-refractivity contribution in [2.45, 2.75) is 26.8 Å². The van der Waals surface area contributed by atoms with Crippen LogP contribution in [0.4, 0.5) is 0 Å². The number of hydrogen-bond donors (Lipinski definition) is 1. The summed E-state index contributed by atoms with van der Waals surface area (Å²) in [4.78, 5) is 2.44. The molecular weight excluding hydrogens is 234 g/mol. The molecule has 0 saturated carbocycles. The van der Waals surface area contributed by atoms with E-state index >= 15 is 0 Å². The summed E-state index contributed by atoms with van der Waals surface area (Å²) < 4.78 is 0. The maximum absolute atomic E-state index is 8.82. The van der Waals surface area contributed by atoms with Gasteiger partial charge in [0.15, 0.2) is 0 Å². The standard InChI is InChI=1S/C16H25N3/c1-4-19(5-2)16(13-18-12-14(3)11-17)15-9-7-6-8-10-15/h6-10,14,16,18H,4-5,12-13H2,1-3H3. The lowest BCUT2D eigenvalue weighted by Crippen LogP contribution is -2.37. The molecule has 0 radical (unpaired) electrons. The van der Waals surface area contributed by atoms with Crippen molar-refractivity contribution in [3.63, 3.8) is 0 Å². The summed E-state index contributed by atoms with van der Waals surface area (Å²) in [6, 6.07) is 13.2. The second-order valence-electron chi connectivity index (χ2n) is 4.84. The predicted molar refractivity (Wildman–Crippen MR) is 79.8 cm³/mol. The summed E-state index contributed by atoms with van der Waals surface area (Å²) in [5.74, 6) is 0.0631. The number of nitrogens with zero attached hydrogens (tertiary/aromatic N) is 2. The molecule has 1 aromatic rings. The maximum Gasteiger partial charge on any atom is 0.0666 e. The van der Waals surface area contributed by atoms with Crippen LogP contribution in [0.1, 0.15) is 32.4 Å². The van der Waals surface area contributed by atoms with E-state index in [1.807, 2.05) is 13.0 Å². The molecule has 0 bridgehead atoms. The Morgan fingerprint density at radius 3 is 2.32 bits per heavy atom. The molecule has 1 rings (SSSR count). The van der Waals surface area contributed by atoms with Gasteiger partial charge < -0.3 is 5.32 Å². The number of hydrogen-bond acceptors (Lipinski definition) is 3. The number of rotatable bonds is 8. The lowest BCUT2D eigenvalue weighted by molar-refractivity contribution is 0.212. The first-order chi connectivity index (χ1) is 9.22. The third-order valence-corrected chi connectivity index (χ3v) is 3.45. The Labute approximate surface area is 117 Å². The van der Waals surface area contributed by atoms with Crippen molar-refractivity contribution in [2.24, 2.45) is 5.92 Å². The molecule has 3 nitrogen and oxygen atoms in total. The van der Waals surface area contributed by atoms with Crippen LogP contribution in [-0.4, -0.2) is 31.1 Å². The van der Waals surface area contributed by atoms with E-state index in [0.717, 1.165) is 26.2 Å². The van der Waals surface area contributed by atoms with Crippen molar-refractivity contribution in [2.75, 3.05) is 26.2 Å². The molecule has 104 valence electrons. The molecule has 0 spiro atoms. The van der Waals surface area contributed by atoms with Crippen LogP contribution in [0.2, 0.25) is 0 Å². The molecule has 2 unspecified atom stereocenters. The molecule has 0 aromatic heterocycles. The topological polar surface area (TPSA) is 39.1 Å². The van der Waals surface area contributed by atoms with Crippen LogP contribution in [0.5, 0.6) is 0 Å². The number of likely N-dealkylation sites (N-methyl/N-ethyl adjacent to an activating group) is 1. The van der Waals surface area contributed by atoms with Crippen molar-refractivity contribution < 1.29 is 0 Å². The summed E-state index contributed by atoms with van der Waals surface area (Å²) in [6.45, 7) is 10.0. The van der Waals surface area contributed by atoms with Crippen LogP contribution in [0.15, 0.2) is 30.3 Å². The average molecular weight is 259 g/mol. The van der Waals surface area contributed by atoms with Gasteiger partial charge in [-0.2, -0.15) is 5.26 Å². The van der Waals surface area contributed by atoms with Gasteiger partial charge in [-0.15, -0.1) is 0 Å². The first kappa shape index (κ1) is 15.7. The monoisotopic (exact) mass is 259 g/mol. The van der Waals surface area contributed by atoms with Crippen LogP contribution in [-0.2, 0) is 0 Å². The van der Waals surface area contributed by atoms with Crippen LogP contribution in [0.25, 0.3) is 0 Å². The lowest BCUT2D eigenvalue weighted by atomic mass is 10.0. The first-order valence-corrected chi connectivity index (χ1v) is 7.12. The molecular formula is C16H25N3. The molecule has 1 aromatic carbocycles. The van der Waals surface area contributed by atoms with Gasteiger partial charge in [0, 0.05) is 19.1 Å². The van der Waals surface area contributed by atoms with Crippen molar-refractivity contribution in [3.05, 3.63) is 35.9 Å². The van der Waals surface area contributed by atoms with Crippen LogP contribution in [0.3, 0.4) is 0 Å². The largest absolute Gasteiger partial charge is 0.314 e. The van der Waals surface area contributed by atoms with Gasteiger partial charge in [0.1, 0.15) is 0 Å². The summed E-state index contributed by atoms with van der Waals surface area (Å²) in [5, 5.41) is 12.2. The fraction of sp³-hybridized carbons (Fsp3) is 0.562. The Morgan fingerprint density at radius 2 is 1.79 bits per heavy atom. The fourth-order valence-corrected chi connectivity index (χ4v) is 2.28. The zero-order valence-electron chi connectivity index (χ0n) is 12.3. The van der Waals surface area contributed by atoms with Gasteiger partial charge in [-0.3, -0.25) is 4.90 Å². The molecule has 3 heteroatoms. The van der Waals surface area contributed by atoms with Gasteiger partial charge in [0.2, 0.25) is 0 Å². The average Bonchev–Trinajstić information content (AvgIpc) is 2.47. The van der Waals surface area contributed by atoms with E-state index in [4.69, 9.17) is 5.26 Å². The van der Waals surface area contributed by atoms with Gasteiger partial charge in [-0.05, 0) is 25.6 Å². The van der Waals surface area contributed by atoms with Crippen LogP contribution < -0.4 is 5.32 Å². The van der Waals surface area contributed by atoms with Gasteiger partial charge in [-0.25, -0.2) is 0 Å². The molecule has 0 aliphatic heterocycles. The normalized spacial score (nSPS) is 14.1. The second kappa shape index (κ2) is 8.68. The van der Waals surface area contributed by atoms with Gasteiger partial charge in [-0.1, -0.05) is 44.2 Å². The molecule has 0 saturated heterocycles. The zero-order chi connectivity index (χ0) is 14.1. The van der Waals surface area contributed by atoms with Gasteiger partial charge in [0.05, 0.1) is 12.0 Å². The predicted octanol–water partition coefficient (Wildman–Crippen LogP) is 2.82. The lowest BCUT2D eigenvalue weighted by Gasteiger charge is -2.30. The summed E-state index contributed by atoms with van der Waals surface area (Å²) in [5.41, 5.74) is 1.34. The quantitative estimate of drug-likeness (QED) is 0.780. The van der Waals surface area contributed by atoms with Crippen molar-refractivity contribution >= 4 is 0 Å². The van der Waals surface area contributed by atoms with Gasteiger partial charge in [0.25, 0.3) is 0 Å². The molecule has 19 heavy (non-hydrogen) atoms. The SMILES string of the molecule is CCN(CC)C(CNCC(C)C#N)c1ccccc1. The minimum Gasteiger partial charge on any atom is -0.314 e. The minimum absolute atomic E-state index is 0.0631. The highest BCUT2D eigenvalue weighted by molar-refractivity contribution is 5.19. The van der Waals surface area contributed by atoms with E-state index in [1.165, 1.54) is 5.56 Å². The molecule has 0 amide bonds. The van der Waals surface area contributed by atoms with Crippen molar-refractivity contribution in [3.8, 4) is 6.07 Å². The fourth-order valence-electron chi connectivity index (χ4n) is 2.28. The Balaban J connectivity index is 2.68. The van der Waals surface area contributed by atoms with Crippen LogP contribution in [0, 0.1) is 17.2 Å². The Bertz CT molecular complexity index is 379. The number of nitrogens with one attached hydrogen (secondary N) is 1. The van der Waals surface area contributed by atoms with E-state index in [9.17, 15) is 0 Å². The molecule has 2 atom stereocenters. The van der Waals surface area contributed by atoms with E-state index in [1.54, 1.807) is 0 Å². The zero-order valence-corrected chi connectivity index (χ0v) is 12.3. The third kappa shape index (κ3) is 5.02. The Morgan fingerprint density at radius 1 is 1.16 bits per heavy atom. The second-order valence-corrected chi connectivity index (χ2v) is 4.84. The van der Waals surface area contributed by atoms with E-state index in [-0.39, 0.29) is 5.92 Å². The van der Waals surface area contributed by atoms with E-state index in [2.05, 4.69) is 54.4 Å². The van der Waals surface area contributed by atoms with Crippen LogP contribution >= 0.6 is 0 Å².